The lowest BCUT2D eigenvalue weighted by molar-refractivity contribution is 0.597. The molecule has 0 atom stereocenters. The highest BCUT2D eigenvalue weighted by Gasteiger charge is 2.37. The van der Waals surface area contributed by atoms with Gasteiger partial charge in [0.25, 0.3) is 0 Å². The third-order valence-electron chi connectivity index (χ3n) is 3.20. The molecule has 1 fully saturated rings. The fourth-order valence-electron chi connectivity index (χ4n) is 1.75. The largest absolute Gasteiger partial charge is 0.325 e. The summed E-state index contributed by atoms with van der Waals surface area (Å²) in [6, 6.07) is 3.13. The zero-order valence-electron chi connectivity index (χ0n) is 8.82. The normalized spacial score (nSPS) is 17.9. The van der Waals surface area contributed by atoms with E-state index in [2.05, 4.69) is 15.9 Å². The molecule has 0 spiro atoms. The van der Waals surface area contributed by atoms with Crippen molar-refractivity contribution >= 4 is 15.9 Å². The summed E-state index contributed by atoms with van der Waals surface area (Å²) in [4.78, 5) is 0. The first-order valence-electron chi connectivity index (χ1n) is 5.24. The van der Waals surface area contributed by atoms with Gasteiger partial charge in [0.05, 0.1) is 0 Å². The Hall–Kier alpha value is -0.410. The van der Waals surface area contributed by atoms with Crippen LogP contribution in [-0.4, -0.2) is 5.54 Å². The molecule has 82 valence electrons. The topological polar surface area (TPSA) is 26.0 Å². The van der Waals surface area contributed by atoms with Crippen LogP contribution < -0.4 is 5.73 Å². The molecule has 0 aromatic heterocycles. The summed E-state index contributed by atoms with van der Waals surface area (Å²) in [5.74, 6) is -0.177. The van der Waals surface area contributed by atoms with Crippen LogP contribution in [-0.2, 0) is 6.42 Å². The van der Waals surface area contributed by atoms with E-state index in [1.54, 1.807) is 6.07 Å². The molecular weight excluding hydrogens is 257 g/mol. The summed E-state index contributed by atoms with van der Waals surface area (Å²) in [6.07, 6.45) is 4.06. The molecule has 1 aliphatic carbocycles. The molecular formula is C12H15BrFN. The molecule has 0 unspecified atom stereocenters. The lowest BCUT2D eigenvalue weighted by Crippen LogP contribution is -2.22. The van der Waals surface area contributed by atoms with Crippen molar-refractivity contribution in [3.8, 4) is 0 Å². The van der Waals surface area contributed by atoms with Crippen molar-refractivity contribution < 1.29 is 4.39 Å². The number of benzene rings is 1. The van der Waals surface area contributed by atoms with E-state index in [1.807, 2.05) is 6.92 Å². The Kier molecular flexibility index (Phi) is 2.86. The highest BCUT2D eigenvalue weighted by Crippen LogP contribution is 2.37. The third kappa shape index (κ3) is 2.58. The highest BCUT2D eigenvalue weighted by molar-refractivity contribution is 9.10. The summed E-state index contributed by atoms with van der Waals surface area (Å²) < 4.78 is 14.0. The summed E-state index contributed by atoms with van der Waals surface area (Å²) >= 11 is 3.36. The smallest absolute Gasteiger partial charge is 0.124 e. The van der Waals surface area contributed by atoms with E-state index in [4.69, 9.17) is 5.73 Å². The highest BCUT2D eigenvalue weighted by atomic mass is 79.9. The van der Waals surface area contributed by atoms with Crippen LogP contribution >= 0.6 is 15.9 Å². The van der Waals surface area contributed by atoms with Crippen molar-refractivity contribution in [2.24, 2.45) is 5.73 Å². The Morgan fingerprint density at radius 3 is 2.73 bits per heavy atom. The van der Waals surface area contributed by atoms with Crippen molar-refractivity contribution in [1.82, 2.24) is 0 Å². The van der Waals surface area contributed by atoms with Gasteiger partial charge < -0.3 is 5.73 Å². The first-order valence-corrected chi connectivity index (χ1v) is 6.03. The average Bonchev–Trinajstić information content (AvgIpc) is 2.88. The predicted octanol–water partition coefficient (Wildman–Crippen LogP) is 3.32. The fraction of sp³-hybridized carbons (Fsp3) is 0.500. The van der Waals surface area contributed by atoms with Gasteiger partial charge >= 0.3 is 0 Å². The summed E-state index contributed by atoms with van der Waals surface area (Å²) in [5.41, 5.74) is 8.26. The van der Waals surface area contributed by atoms with Gasteiger partial charge in [0.1, 0.15) is 5.82 Å². The maximum atomic E-state index is 13.2. The molecule has 0 radical (unpaired) electrons. The molecule has 2 rings (SSSR count). The summed E-state index contributed by atoms with van der Waals surface area (Å²) in [5, 5.41) is 0. The second kappa shape index (κ2) is 3.87. The molecule has 1 nitrogen and oxygen atoms in total. The maximum absolute atomic E-state index is 13.2. The van der Waals surface area contributed by atoms with E-state index in [0.29, 0.717) is 0 Å². The first kappa shape index (κ1) is 11.1. The van der Waals surface area contributed by atoms with E-state index in [9.17, 15) is 4.39 Å². The minimum atomic E-state index is -0.177. The van der Waals surface area contributed by atoms with E-state index >= 15 is 0 Å². The van der Waals surface area contributed by atoms with E-state index < -0.39 is 0 Å². The zero-order valence-corrected chi connectivity index (χ0v) is 10.4. The number of hydrogen-bond acceptors (Lipinski definition) is 1. The van der Waals surface area contributed by atoms with Gasteiger partial charge in [0.15, 0.2) is 0 Å². The van der Waals surface area contributed by atoms with Crippen LogP contribution in [0.25, 0.3) is 0 Å². The molecule has 0 bridgehead atoms. The number of aryl methyl sites for hydroxylation is 1. The minimum absolute atomic E-state index is 0.0469. The molecule has 1 aromatic rings. The number of nitrogens with two attached hydrogens (primary N) is 1. The molecule has 0 saturated heterocycles. The molecule has 15 heavy (non-hydrogen) atoms. The Bertz CT molecular complexity index is 385. The van der Waals surface area contributed by atoms with Gasteiger partial charge in [-0.1, -0.05) is 15.9 Å². The van der Waals surface area contributed by atoms with Crippen LogP contribution in [0.2, 0.25) is 0 Å². The standard InChI is InChI=1S/C12H15BrFN/c1-8-9(2-3-12(15)4-5-12)6-10(14)7-11(8)13/h6-7H,2-5,15H2,1H3. The molecule has 0 aliphatic heterocycles. The number of hydrogen-bond donors (Lipinski definition) is 1. The van der Waals surface area contributed by atoms with Gasteiger partial charge in [0, 0.05) is 10.0 Å². The predicted molar refractivity (Wildman–Crippen MR) is 63.3 cm³/mol. The van der Waals surface area contributed by atoms with Crippen LogP contribution in [0.4, 0.5) is 4.39 Å². The Morgan fingerprint density at radius 2 is 2.13 bits per heavy atom. The van der Waals surface area contributed by atoms with Crippen molar-refractivity contribution in [2.45, 2.75) is 38.1 Å². The zero-order chi connectivity index (χ0) is 11.1. The molecule has 1 aliphatic rings. The van der Waals surface area contributed by atoms with Crippen molar-refractivity contribution in [3.63, 3.8) is 0 Å². The van der Waals surface area contributed by atoms with E-state index in [1.165, 1.54) is 6.07 Å². The van der Waals surface area contributed by atoms with Crippen LogP contribution in [0.5, 0.6) is 0 Å². The maximum Gasteiger partial charge on any atom is 0.124 e. The lowest BCUT2D eigenvalue weighted by atomic mass is 10.0. The van der Waals surface area contributed by atoms with Crippen molar-refractivity contribution in [2.75, 3.05) is 0 Å². The Morgan fingerprint density at radius 1 is 1.47 bits per heavy atom. The Balaban J connectivity index is 2.13. The summed E-state index contributed by atoms with van der Waals surface area (Å²) in [7, 11) is 0. The van der Waals surface area contributed by atoms with Gasteiger partial charge in [-0.05, 0) is 55.9 Å². The minimum Gasteiger partial charge on any atom is -0.325 e. The second-order valence-corrected chi connectivity index (χ2v) is 5.39. The van der Waals surface area contributed by atoms with E-state index in [0.717, 1.165) is 41.3 Å². The second-order valence-electron chi connectivity index (χ2n) is 4.53. The van der Waals surface area contributed by atoms with Crippen LogP contribution in [0.3, 0.4) is 0 Å². The van der Waals surface area contributed by atoms with Crippen LogP contribution in [0, 0.1) is 12.7 Å². The monoisotopic (exact) mass is 271 g/mol. The van der Waals surface area contributed by atoms with E-state index in [-0.39, 0.29) is 11.4 Å². The SMILES string of the molecule is Cc1c(Br)cc(F)cc1CCC1(N)CC1. The van der Waals surface area contributed by atoms with Gasteiger partial charge in [-0.25, -0.2) is 4.39 Å². The molecule has 0 heterocycles. The van der Waals surface area contributed by atoms with Gasteiger partial charge in [0.2, 0.25) is 0 Å². The fourth-order valence-corrected chi connectivity index (χ4v) is 2.23. The van der Waals surface area contributed by atoms with Crippen LogP contribution in [0.1, 0.15) is 30.4 Å². The summed E-state index contributed by atoms with van der Waals surface area (Å²) in [6.45, 7) is 2.01. The van der Waals surface area contributed by atoms with Crippen molar-refractivity contribution in [3.05, 3.63) is 33.5 Å². The molecule has 3 heteroatoms. The third-order valence-corrected chi connectivity index (χ3v) is 4.02. The van der Waals surface area contributed by atoms with Gasteiger partial charge in [-0.15, -0.1) is 0 Å². The molecule has 0 amide bonds. The average molecular weight is 272 g/mol. The lowest BCUT2D eigenvalue weighted by Gasteiger charge is -2.11. The van der Waals surface area contributed by atoms with Crippen LogP contribution in [0.15, 0.2) is 16.6 Å². The quantitative estimate of drug-likeness (QED) is 0.897. The molecule has 1 saturated carbocycles. The Labute approximate surface area is 98.0 Å². The molecule has 2 N–H and O–H groups in total. The van der Waals surface area contributed by atoms with Gasteiger partial charge in [-0.2, -0.15) is 0 Å². The first-order chi connectivity index (χ1) is 7.00. The molecule has 1 aromatic carbocycles. The number of halogens is 2. The van der Waals surface area contributed by atoms with Gasteiger partial charge in [-0.3, -0.25) is 0 Å². The number of rotatable bonds is 3. The van der Waals surface area contributed by atoms with Crippen molar-refractivity contribution in [1.29, 1.82) is 0 Å².